The van der Waals surface area contributed by atoms with Gasteiger partial charge in [0.05, 0.1) is 17.3 Å². The number of carbonyl (C=O) groups is 2. The quantitative estimate of drug-likeness (QED) is 0.208. The van der Waals surface area contributed by atoms with E-state index in [1.54, 1.807) is 30.3 Å². The summed E-state index contributed by atoms with van der Waals surface area (Å²) in [6, 6.07) is 16.4. The van der Waals surface area contributed by atoms with E-state index in [2.05, 4.69) is 31.8 Å². The Hall–Kier alpha value is -3.36. The van der Waals surface area contributed by atoms with Crippen LogP contribution in [-0.2, 0) is 16.2 Å². The molecule has 2 amide bonds. The van der Waals surface area contributed by atoms with Crippen molar-refractivity contribution in [3.8, 4) is 11.5 Å². The molecule has 0 spiro atoms. The van der Waals surface area contributed by atoms with E-state index in [1.807, 2.05) is 45.0 Å². The summed E-state index contributed by atoms with van der Waals surface area (Å²) in [6.07, 6.45) is 1.41. The van der Waals surface area contributed by atoms with Crippen molar-refractivity contribution in [3.05, 3.63) is 86.3 Å². The third-order valence-corrected chi connectivity index (χ3v) is 5.49. The minimum atomic E-state index is -0.883. The van der Waals surface area contributed by atoms with E-state index in [1.165, 1.54) is 6.21 Å². The Morgan fingerprint density at radius 2 is 1.77 bits per heavy atom. The number of hydrogen-bond donors (Lipinski definition) is 2. The molecule has 0 heterocycles. The maximum atomic E-state index is 12.2. The highest BCUT2D eigenvalue weighted by Gasteiger charge is 2.14. The number of amides is 2. The minimum absolute atomic E-state index is 0.304. The lowest BCUT2D eigenvalue weighted by Gasteiger charge is -2.15. The van der Waals surface area contributed by atoms with Gasteiger partial charge in [-0.2, -0.15) is 5.10 Å². The highest BCUT2D eigenvalue weighted by atomic mass is 79.9. The van der Waals surface area contributed by atoms with Gasteiger partial charge in [-0.25, -0.2) is 5.43 Å². The summed E-state index contributed by atoms with van der Waals surface area (Å²) in [7, 11) is 0. The molecular formula is C26H25BrClN3O4. The van der Waals surface area contributed by atoms with E-state index >= 15 is 0 Å². The van der Waals surface area contributed by atoms with Gasteiger partial charge >= 0.3 is 11.8 Å². The van der Waals surface area contributed by atoms with Crippen LogP contribution in [0.4, 0.5) is 5.69 Å². The molecule has 0 aliphatic heterocycles. The normalized spacial score (nSPS) is 10.8. The number of rotatable bonds is 8. The number of carbonyl (C=O) groups excluding carboxylic acids is 2. The standard InChI is InChI=1S/C26H25BrClN3O4/c1-4-34-23-13-19(12-22(27)24(23)35-15-18-6-5-7-20(28)11-18)14-29-31-26(33)25(32)30-21-9-16(2)8-17(3)10-21/h5-14H,4,15H2,1-3H3,(H,30,32)(H,31,33). The Morgan fingerprint density at radius 3 is 2.46 bits per heavy atom. The molecule has 0 saturated carbocycles. The number of hydrogen-bond acceptors (Lipinski definition) is 5. The summed E-state index contributed by atoms with van der Waals surface area (Å²) in [5, 5.41) is 7.10. The molecule has 3 rings (SSSR count). The van der Waals surface area contributed by atoms with Crippen LogP contribution in [0.15, 0.2) is 64.2 Å². The van der Waals surface area contributed by atoms with Gasteiger partial charge in [-0.05, 0) is 95.4 Å². The lowest BCUT2D eigenvalue weighted by Crippen LogP contribution is -2.32. The van der Waals surface area contributed by atoms with Gasteiger partial charge in [0.2, 0.25) is 0 Å². The van der Waals surface area contributed by atoms with E-state index in [0.29, 0.717) is 45.5 Å². The number of nitrogens with one attached hydrogen (secondary N) is 2. The smallest absolute Gasteiger partial charge is 0.329 e. The maximum Gasteiger partial charge on any atom is 0.329 e. The summed E-state index contributed by atoms with van der Waals surface area (Å²) in [6.45, 7) is 6.42. The molecule has 0 saturated heterocycles. The van der Waals surface area contributed by atoms with Crippen LogP contribution < -0.4 is 20.2 Å². The second-order valence-corrected chi connectivity index (χ2v) is 9.00. The second-order valence-electron chi connectivity index (χ2n) is 7.71. The molecule has 0 aliphatic carbocycles. The fourth-order valence-corrected chi connectivity index (χ4v) is 4.09. The lowest BCUT2D eigenvalue weighted by atomic mass is 10.1. The van der Waals surface area contributed by atoms with Crippen molar-refractivity contribution in [2.24, 2.45) is 5.10 Å². The molecule has 2 N–H and O–H groups in total. The minimum Gasteiger partial charge on any atom is -0.490 e. The van der Waals surface area contributed by atoms with Gasteiger partial charge in [0.25, 0.3) is 0 Å². The molecule has 35 heavy (non-hydrogen) atoms. The van der Waals surface area contributed by atoms with Crippen LogP contribution in [-0.4, -0.2) is 24.6 Å². The molecule has 9 heteroatoms. The van der Waals surface area contributed by atoms with Gasteiger partial charge in [-0.1, -0.05) is 29.8 Å². The van der Waals surface area contributed by atoms with Gasteiger partial charge in [0, 0.05) is 10.7 Å². The summed E-state index contributed by atoms with van der Waals surface area (Å²) in [5.74, 6) is -0.663. The zero-order chi connectivity index (χ0) is 25.4. The number of aryl methyl sites for hydroxylation is 2. The van der Waals surface area contributed by atoms with Crippen molar-refractivity contribution < 1.29 is 19.1 Å². The molecule has 3 aromatic rings. The van der Waals surface area contributed by atoms with Crippen LogP contribution in [0.3, 0.4) is 0 Å². The van der Waals surface area contributed by atoms with Crippen LogP contribution in [0.25, 0.3) is 0 Å². The van der Waals surface area contributed by atoms with Crippen LogP contribution in [0, 0.1) is 13.8 Å². The third kappa shape index (κ3) is 7.83. The molecule has 182 valence electrons. The number of benzene rings is 3. The Balaban J connectivity index is 1.66. The molecule has 0 unspecified atom stereocenters. The van der Waals surface area contributed by atoms with Crippen molar-refractivity contribution >= 4 is 51.2 Å². The van der Waals surface area contributed by atoms with Crippen LogP contribution >= 0.6 is 27.5 Å². The first-order valence-electron chi connectivity index (χ1n) is 10.8. The van der Waals surface area contributed by atoms with E-state index in [9.17, 15) is 9.59 Å². The van der Waals surface area contributed by atoms with Crippen molar-refractivity contribution in [2.75, 3.05) is 11.9 Å². The fourth-order valence-electron chi connectivity index (χ4n) is 3.30. The summed E-state index contributed by atoms with van der Waals surface area (Å²) < 4.78 is 12.3. The topological polar surface area (TPSA) is 89.0 Å². The highest BCUT2D eigenvalue weighted by molar-refractivity contribution is 9.10. The summed E-state index contributed by atoms with van der Waals surface area (Å²) in [5.41, 5.74) is 6.29. The zero-order valence-electron chi connectivity index (χ0n) is 19.5. The summed E-state index contributed by atoms with van der Waals surface area (Å²) >= 11 is 9.55. The highest BCUT2D eigenvalue weighted by Crippen LogP contribution is 2.37. The molecule has 3 aromatic carbocycles. The predicted octanol–water partition coefficient (Wildman–Crippen LogP) is 5.79. The lowest BCUT2D eigenvalue weighted by molar-refractivity contribution is -0.136. The average Bonchev–Trinajstić information content (AvgIpc) is 2.78. The number of hydrazone groups is 1. The zero-order valence-corrected chi connectivity index (χ0v) is 21.9. The summed E-state index contributed by atoms with van der Waals surface area (Å²) in [4.78, 5) is 24.3. The Labute approximate surface area is 217 Å². The first kappa shape index (κ1) is 26.2. The monoisotopic (exact) mass is 557 g/mol. The molecule has 7 nitrogen and oxygen atoms in total. The number of anilines is 1. The maximum absolute atomic E-state index is 12.2. The van der Waals surface area contributed by atoms with Crippen molar-refractivity contribution in [3.63, 3.8) is 0 Å². The first-order valence-corrected chi connectivity index (χ1v) is 12.0. The van der Waals surface area contributed by atoms with Crippen molar-refractivity contribution in [1.82, 2.24) is 5.43 Å². The van der Waals surface area contributed by atoms with E-state index < -0.39 is 11.8 Å². The van der Waals surface area contributed by atoms with Crippen LogP contribution in [0.1, 0.15) is 29.2 Å². The van der Waals surface area contributed by atoms with Gasteiger partial charge in [-0.3, -0.25) is 9.59 Å². The largest absolute Gasteiger partial charge is 0.490 e. The first-order chi connectivity index (χ1) is 16.7. The van der Waals surface area contributed by atoms with Crippen molar-refractivity contribution in [1.29, 1.82) is 0 Å². The average molecular weight is 559 g/mol. The number of ether oxygens (including phenoxy) is 2. The molecular weight excluding hydrogens is 534 g/mol. The Morgan fingerprint density at radius 1 is 1.03 bits per heavy atom. The molecule has 0 bridgehead atoms. The molecule has 0 fully saturated rings. The van der Waals surface area contributed by atoms with E-state index in [4.69, 9.17) is 21.1 Å². The van der Waals surface area contributed by atoms with Crippen molar-refractivity contribution in [2.45, 2.75) is 27.4 Å². The van der Waals surface area contributed by atoms with E-state index in [-0.39, 0.29) is 0 Å². The SMILES string of the molecule is CCOc1cc(C=NNC(=O)C(=O)Nc2cc(C)cc(C)c2)cc(Br)c1OCc1cccc(Cl)c1. The Kier molecular flexibility index (Phi) is 9.28. The number of nitrogens with zero attached hydrogens (tertiary/aromatic N) is 1. The third-order valence-electron chi connectivity index (χ3n) is 4.67. The molecule has 0 atom stereocenters. The molecule has 0 aliphatic rings. The fraction of sp³-hybridized carbons (Fsp3) is 0.192. The molecule has 0 radical (unpaired) electrons. The van der Waals surface area contributed by atoms with Gasteiger partial charge in [0.15, 0.2) is 11.5 Å². The van der Waals surface area contributed by atoms with Gasteiger partial charge in [0.1, 0.15) is 6.61 Å². The number of halogens is 2. The van der Waals surface area contributed by atoms with Crippen LogP contribution in [0.5, 0.6) is 11.5 Å². The van der Waals surface area contributed by atoms with Gasteiger partial charge < -0.3 is 14.8 Å². The van der Waals surface area contributed by atoms with Crippen LogP contribution in [0.2, 0.25) is 5.02 Å². The molecule has 0 aromatic heterocycles. The Bertz CT molecular complexity index is 1240. The van der Waals surface area contributed by atoms with Gasteiger partial charge in [-0.15, -0.1) is 0 Å². The van der Waals surface area contributed by atoms with E-state index in [0.717, 1.165) is 16.7 Å². The predicted molar refractivity (Wildman–Crippen MR) is 141 cm³/mol. The second kappa shape index (κ2) is 12.4.